The van der Waals surface area contributed by atoms with Crippen LogP contribution in [0, 0.1) is 23.5 Å². The van der Waals surface area contributed by atoms with E-state index in [1.165, 1.54) is 24.3 Å². The molecule has 2 amide bonds. The van der Waals surface area contributed by atoms with E-state index in [-0.39, 0.29) is 47.4 Å². The van der Waals surface area contributed by atoms with Crippen LogP contribution in [0.15, 0.2) is 48.5 Å². The predicted octanol–water partition coefficient (Wildman–Crippen LogP) is 5.51. The van der Waals surface area contributed by atoms with Gasteiger partial charge in [-0.25, -0.2) is 8.78 Å². The molecule has 1 aliphatic rings. The maximum absolute atomic E-state index is 13.2. The number of hydrogen-bond acceptors (Lipinski definition) is 2. The molecule has 2 aromatic carbocycles. The van der Waals surface area contributed by atoms with Crippen molar-refractivity contribution in [1.82, 2.24) is 9.80 Å². The minimum Gasteiger partial charge on any atom is -0.339 e. The van der Waals surface area contributed by atoms with Gasteiger partial charge in [0, 0.05) is 25.9 Å². The van der Waals surface area contributed by atoms with Crippen LogP contribution in [0.3, 0.4) is 0 Å². The fraction of sp³-hybridized carbons (Fsp3) is 0.462. The van der Waals surface area contributed by atoms with Crippen LogP contribution in [0.5, 0.6) is 0 Å². The Morgan fingerprint density at radius 2 is 0.969 bits per heavy atom. The van der Waals surface area contributed by atoms with Crippen LogP contribution in [0.1, 0.15) is 62.7 Å². The molecule has 3 rings (SSSR count). The molecule has 0 saturated heterocycles. The highest BCUT2D eigenvalue weighted by Crippen LogP contribution is 2.34. The molecule has 0 heterocycles. The van der Waals surface area contributed by atoms with Crippen LogP contribution < -0.4 is 0 Å². The number of amides is 2. The first-order valence-corrected chi connectivity index (χ1v) is 11.2. The van der Waals surface area contributed by atoms with Crippen LogP contribution >= 0.6 is 0 Å². The molecular formula is C26H32F2N2O2. The zero-order valence-corrected chi connectivity index (χ0v) is 19.2. The summed E-state index contributed by atoms with van der Waals surface area (Å²) in [6.07, 6.45) is 2.70. The molecule has 172 valence electrons. The van der Waals surface area contributed by atoms with E-state index in [0.29, 0.717) is 25.7 Å². The molecule has 32 heavy (non-hydrogen) atoms. The summed E-state index contributed by atoms with van der Waals surface area (Å²) in [7, 11) is 3.57. The Morgan fingerprint density at radius 3 is 1.25 bits per heavy atom. The monoisotopic (exact) mass is 442 g/mol. The van der Waals surface area contributed by atoms with E-state index < -0.39 is 0 Å². The van der Waals surface area contributed by atoms with E-state index >= 15 is 0 Å². The molecule has 1 saturated carbocycles. The van der Waals surface area contributed by atoms with Gasteiger partial charge in [-0.15, -0.1) is 0 Å². The molecule has 0 aliphatic heterocycles. The molecule has 2 atom stereocenters. The van der Waals surface area contributed by atoms with Gasteiger partial charge in [0.05, 0.1) is 12.1 Å². The minimum atomic E-state index is -0.295. The summed E-state index contributed by atoms with van der Waals surface area (Å²) in [5.41, 5.74) is 1.78. The van der Waals surface area contributed by atoms with Crippen molar-refractivity contribution in [2.24, 2.45) is 11.8 Å². The second-order valence-electron chi connectivity index (χ2n) is 8.90. The zero-order valence-electron chi connectivity index (χ0n) is 19.2. The molecule has 4 nitrogen and oxygen atoms in total. The number of carbonyl (C=O) groups is 2. The third kappa shape index (κ3) is 5.34. The first-order chi connectivity index (χ1) is 15.2. The molecule has 1 fully saturated rings. The van der Waals surface area contributed by atoms with Crippen molar-refractivity contribution >= 4 is 11.8 Å². The van der Waals surface area contributed by atoms with E-state index in [1.54, 1.807) is 48.2 Å². The molecule has 0 aromatic heterocycles. The Hall–Kier alpha value is -2.76. The normalized spacial score (nSPS) is 20.3. The highest BCUT2D eigenvalue weighted by Gasteiger charge is 2.34. The Labute approximate surface area is 189 Å². The third-order valence-electron chi connectivity index (χ3n) is 6.99. The summed E-state index contributed by atoms with van der Waals surface area (Å²) in [6, 6.07) is 12.2. The summed E-state index contributed by atoms with van der Waals surface area (Å²) in [5, 5.41) is 0. The van der Waals surface area contributed by atoms with Gasteiger partial charge >= 0.3 is 0 Å². The highest BCUT2D eigenvalue weighted by atomic mass is 19.1. The molecule has 2 aromatic rings. The number of benzene rings is 2. The van der Waals surface area contributed by atoms with E-state index in [1.807, 2.05) is 13.8 Å². The van der Waals surface area contributed by atoms with E-state index in [0.717, 1.165) is 11.1 Å². The Bertz CT molecular complexity index is 844. The average molecular weight is 443 g/mol. The lowest BCUT2D eigenvalue weighted by atomic mass is 9.80. The van der Waals surface area contributed by atoms with E-state index in [4.69, 9.17) is 0 Å². The summed E-state index contributed by atoms with van der Waals surface area (Å²) < 4.78 is 26.4. The summed E-state index contributed by atoms with van der Waals surface area (Å²) in [6.45, 7) is 3.87. The fourth-order valence-corrected chi connectivity index (χ4v) is 4.47. The molecule has 1 aliphatic carbocycles. The number of hydrogen-bond donors (Lipinski definition) is 0. The van der Waals surface area contributed by atoms with Gasteiger partial charge < -0.3 is 9.80 Å². The van der Waals surface area contributed by atoms with Crippen molar-refractivity contribution < 1.29 is 18.4 Å². The van der Waals surface area contributed by atoms with Gasteiger partial charge in [0.25, 0.3) is 0 Å². The molecular weight excluding hydrogens is 410 g/mol. The van der Waals surface area contributed by atoms with Gasteiger partial charge in [0.15, 0.2) is 0 Å². The van der Waals surface area contributed by atoms with Crippen molar-refractivity contribution in [1.29, 1.82) is 0 Å². The molecule has 0 N–H and O–H groups in total. The quantitative estimate of drug-likeness (QED) is 0.592. The Morgan fingerprint density at radius 1 is 0.688 bits per heavy atom. The van der Waals surface area contributed by atoms with E-state index in [2.05, 4.69) is 0 Å². The molecule has 0 radical (unpaired) electrons. The molecule has 6 heteroatoms. The van der Waals surface area contributed by atoms with Crippen LogP contribution in [-0.2, 0) is 9.59 Å². The summed E-state index contributed by atoms with van der Waals surface area (Å²) in [4.78, 5) is 29.5. The van der Waals surface area contributed by atoms with Gasteiger partial charge in [0.2, 0.25) is 11.8 Å². The van der Waals surface area contributed by atoms with Crippen LogP contribution in [0.4, 0.5) is 8.78 Å². The fourth-order valence-electron chi connectivity index (χ4n) is 4.47. The molecule has 0 bridgehead atoms. The zero-order chi connectivity index (χ0) is 23.4. The van der Waals surface area contributed by atoms with Gasteiger partial charge in [-0.05, 0) is 74.9 Å². The second kappa shape index (κ2) is 10.2. The standard InChI is InChI=1S/C26H32F2N2O2/c1-17(19-9-13-23(27)14-10-19)29(3)25(31)21-5-7-22(8-6-21)26(32)30(4)18(2)20-11-15-24(28)16-12-20/h9-18,21-22H,5-8H2,1-4H3. The average Bonchev–Trinajstić information content (AvgIpc) is 2.82. The van der Waals surface area contributed by atoms with Gasteiger partial charge in [0.1, 0.15) is 11.6 Å². The number of nitrogens with zero attached hydrogens (tertiary/aromatic N) is 2. The molecule has 0 spiro atoms. The van der Waals surface area contributed by atoms with Crippen molar-refractivity contribution in [2.45, 2.75) is 51.6 Å². The van der Waals surface area contributed by atoms with Crippen molar-refractivity contribution in [2.75, 3.05) is 14.1 Å². The van der Waals surface area contributed by atoms with Crippen LogP contribution in [-0.4, -0.2) is 35.7 Å². The number of halogens is 2. The lowest BCUT2D eigenvalue weighted by Gasteiger charge is -2.35. The van der Waals surface area contributed by atoms with Crippen molar-refractivity contribution in [3.63, 3.8) is 0 Å². The molecule has 2 unspecified atom stereocenters. The first-order valence-electron chi connectivity index (χ1n) is 11.2. The lowest BCUT2D eigenvalue weighted by Crippen LogP contribution is -2.40. The van der Waals surface area contributed by atoms with Gasteiger partial charge in [-0.2, -0.15) is 0 Å². The Balaban J connectivity index is 1.55. The minimum absolute atomic E-state index is 0.0701. The highest BCUT2D eigenvalue weighted by molar-refractivity contribution is 5.81. The topological polar surface area (TPSA) is 40.6 Å². The van der Waals surface area contributed by atoms with Gasteiger partial charge in [-0.1, -0.05) is 24.3 Å². The predicted molar refractivity (Wildman–Crippen MR) is 121 cm³/mol. The maximum Gasteiger partial charge on any atom is 0.225 e. The van der Waals surface area contributed by atoms with Gasteiger partial charge in [-0.3, -0.25) is 9.59 Å². The third-order valence-corrected chi connectivity index (χ3v) is 6.99. The number of rotatable bonds is 6. The summed E-state index contributed by atoms with van der Waals surface area (Å²) in [5.74, 6) is -0.659. The largest absolute Gasteiger partial charge is 0.339 e. The smallest absolute Gasteiger partial charge is 0.225 e. The van der Waals surface area contributed by atoms with Crippen molar-refractivity contribution in [3.8, 4) is 0 Å². The second-order valence-corrected chi connectivity index (χ2v) is 8.90. The number of carbonyl (C=O) groups excluding carboxylic acids is 2. The van der Waals surface area contributed by atoms with Crippen molar-refractivity contribution in [3.05, 3.63) is 71.3 Å². The first kappa shape index (κ1) is 23.9. The lowest BCUT2D eigenvalue weighted by molar-refractivity contribution is -0.142. The summed E-state index contributed by atoms with van der Waals surface area (Å²) >= 11 is 0. The van der Waals surface area contributed by atoms with Crippen LogP contribution in [0.25, 0.3) is 0 Å². The SMILES string of the molecule is CC(c1ccc(F)cc1)N(C)C(=O)C1CCC(C(=O)N(C)C(C)c2ccc(F)cc2)CC1. The Kier molecular flexibility index (Phi) is 7.64. The maximum atomic E-state index is 13.2. The van der Waals surface area contributed by atoms with E-state index in [9.17, 15) is 18.4 Å². The van der Waals surface area contributed by atoms with Crippen LogP contribution in [0.2, 0.25) is 0 Å².